The standard InChI is InChI=1S/C12H15N5S/c1-2-4-13-11-8-16-10(7-17-11)9-18-12-14-5-3-6-15-12/h3,5-8H,2,4,9H2,1H3,(H,13,17). The van der Waals surface area contributed by atoms with E-state index in [0.29, 0.717) is 0 Å². The Hall–Kier alpha value is -1.69. The number of hydrogen-bond acceptors (Lipinski definition) is 6. The maximum atomic E-state index is 4.35. The second-order valence-corrected chi connectivity index (χ2v) is 4.58. The van der Waals surface area contributed by atoms with E-state index in [4.69, 9.17) is 0 Å². The number of thioether (sulfide) groups is 1. The molecule has 0 aromatic carbocycles. The molecule has 0 aliphatic rings. The normalized spacial score (nSPS) is 10.3. The van der Waals surface area contributed by atoms with Crippen molar-refractivity contribution in [2.24, 2.45) is 0 Å². The highest BCUT2D eigenvalue weighted by Gasteiger charge is 2.00. The first-order valence-corrected chi connectivity index (χ1v) is 6.81. The molecule has 18 heavy (non-hydrogen) atoms. The second-order valence-electron chi connectivity index (χ2n) is 3.64. The summed E-state index contributed by atoms with van der Waals surface area (Å²) in [6, 6.07) is 1.80. The van der Waals surface area contributed by atoms with E-state index in [9.17, 15) is 0 Å². The van der Waals surface area contributed by atoms with Crippen molar-refractivity contribution in [1.29, 1.82) is 0 Å². The SMILES string of the molecule is CCCNc1cnc(CSc2ncccn2)cn1. The van der Waals surface area contributed by atoms with Gasteiger partial charge in [-0.3, -0.25) is 4.98 Å². The van der Waals surface area contributed by atoms with Crippen LogP contribution >= 0.6 is 11.8 Å². The molecule has 0 aliphatic carbocycles. The van der Waals surface area contributed by atoms with Gasteiger partial charge in [-0.05, 0) is 12.5 Å². The van der Waals surface area contributed by atoms with Crippen LogP contribution in [0.3, 0.4) is 0 Å². The van der Waals surface area contributed by atoms with Gasteiger partial charge >= 0.3 is 0 Å². The third-order valence-electron chi connectivity index (χ3n) is 2.15. The van der Waals surface area contributed by atoms with E-state index in [2.05, 4.69) is 32.2 Å². The van der Waals surface area contributed by atoms with Gasteiger partial charge < -0.3 is 5.32 Å². The van der Waals surface area contributed by atoms with Gasteiger partial charge in [0.05, 0.1) is 18.1 Å². The van der Waals surface area contributed by atoms with E-state index in [0.717, 1.165) is 35.4 Å². The Morgan fingerprint density at radius 2 is 1.94 bits per heavy atom. The predicted molar refractivity (Wildman–Crippen MR) is 72.4 cm³/mol. The Morgan fingerprint density at radius 1 is 1.11 bits per heavy atom. The lowest BCUT2D eigenvalue weighted by atomic mass is 10.4. The van der Waals surface area contributed by atoms with Crippen LogP contribution in [0.15, 0.2) is 36.0 Å². The number of nitrogens with one attached hydrogen (secondary N) is 1. The predicted octanol–water partition coefficient (Wildman–Crippen LogP) is 2.38. The van der Waals surface area contributed by atoms with Crippen LogP contribution in [0.4, 0.5) is 5.82 Å². The summed E-state index contributed by atoms with van der Waals surface area (Å²) in [7, 11) is 0. The van der Waals surface area contributed by atoms with Gasteiger partial charge in [-0.25, -0.2) is 15.0 Å². The average Bonchev–Trinajstić information content (AvgIpc) is 2.45. The maximum absolute atomic E-state index is 4.35. The summed E-state index contributed by atoms with van der Waals surface area (Å²) < 4.78 is 0. The summed E-state index contributed by atoms with van der Waals surface area (Å²) in [5.74, 6) is 1.55. The molecular formula is C12H15N5S. The van der Waals surface area contributed by atoms with Crippen molar-refractivity contribution in [3.05, 3.63) is 36.5 Å². The third kappa shape index (κ3) is 3.96. The molecular weight excluding hydrogens is 246 g/mol. The Labute approximate surface area is 110 Å². The molecule has 2 heterocycles. The minimum absolute atomic E-state index is 0.727. The molecule has 0 unspecified atom stereocenters. The molecule has 2 aromatic heterocycles. The van der Waals surface area contributed by atoms with Crippen molar-refractivity contribution in [1.82, 2.24) is 19.9 Å². The zero-order chi connectivity index (χ0) is 12.6. The fourth-order valence-corrected chi connectivity index (χ4v) is 1.97. The summed E-state index contributed by atoms with van der Waals surface area (Å²) in [4.78, 5) is 16.9. The summed E-state index contributed by atoms with van der Waals surface area (Å²) in [6.07, 6.45) is 8.09. The van der Waals surface area contributed by atoms with Crippen LogP contribution in [-0.4, -0.2) is 26.5 Å². The van der Waals surface area contributed by atoms with E-state index >= 15 is 0 Å². The molecule has 0 bridgehead atoms. The molecule has 0 saturated heterocycles. The molecule has 5 nitrogen and oxygen atoms in total. The fraction of sp³-hybridized carbons (Fsp3) is 0.333. The molecule has 0 saturated carbocycles. The zero-order valence-corrected chi connectivity index (χ0v) is 11.0. The zero-order valence-electron chi connectivity index (χ0n) is 10.2. The molecule has 0 atom stereocenters. The maximum Gasteiger partial charge on any atom is 0.187 e. The lowest BCUT2D eigenvalue weighted by molar-refractivity contribution is 0.955. The first kappa shape index (κ1) is 12.8. The van der Waals surface area contributed by atoms with Gasteiger partial charge in [0.25, 0.3) is 0 Å². The van der Waals surface area contributed by atoms with Crippen LogP contribution in [0.2, 0.25) is 0 Å². The van der Waals surface area contributed by atoms with Crippen LogP contribution in [0.1, 0.15) is 19.0 Å². The van der Waals surface area contributed by atoms with Crippen LogP contribution in [0.25, 0.3) is 0 Å². The third-order valence-corrected chi connectivity index (χ3v) is 3.06. The minimum Gasteiger partial charge on any atom is -0.369 e. The lowest BCUT2D eigenvalue weighted by Crippen LogP contribution is -2.02. The van der Waals surface area contributed by atoms with Gasteiger partial charge in [-0.2, -0.15) is 0 Å². The van der Waals surface area contributed by atoms with Crippen LogP contribution < -0.4 is 5.32 Å². The van der Waals surface area contributed by atoms with Crippen molar-refractivity contribution < 1.29 is 0 Å². The molecule has 0 spiro atoms. The van der Waals surface area contributed by atoms with Gasteiger partial charge in [0, 0.05) is 24.7 Å². The Kier molecular flexibility index (Phi) is 4.89. The van der Waals surface area contributed by atoms with Crippen molar-refractivity contribution in [2.45, 2.75) is 24.3 Å². The first-order valence-electron chi connectivity index (χ1n) is 5.83. The van der Waals surface area contributed by atoms with Crippen molar-refractivity contribution in [3.8, 4) is 0 Å². The van der Waals surface area contributed by atoms with E-state index < -0.39 is 0 Å². The fourth-order valence-electron chi connectivity index (χ4n) is 1.27. The number of nitrogens with zero attached hydrogens (tertiary/aromatic N) is 4. The van der Waals surface area contributed by atoms with Crippen LogP contribution in [0.5, 0.6) is 0 Å². The molecule has 0 fully saturated rings. The summed E-state index contributed by atoms with van der Waals surface area (Å²) in [5, 5.41) is 3.95. The van der Waals surface area contributed by atoms with Gasteiger partial charge in [-0.15, -0.1) is 0 Å². The molecule has 2 aromatic rings. The monoisotopic (exact) mass is 261 g/mol. The quantitative estimate of drug-likeness (QED) is 0.636. The van der Waals surface area contributed by atoms with Crippen molar-refractivity contribution in [2.75, 3.05) is 11.9 Å². The number of anilines is 1. The number of rotatable bonds is 6. The average molecular weight is 261 g/mol. The van der Waals surface area contributed by atoms with Gasteiger partial charge in [0.15, 0.2) is 5.16 Å². The van der Waals surface area contributed by atoms with Crippen molar-refractivity contribution in [3.63, 3.8) is 0 Å². The highest BCUT2D eigenvalue weighted by atomic mass is 32.2. The summed E-state index contributed by atoms with van der Waals surface area (Å²) in [6.45, 7) is 3.03. The molecule has 1 N–H and O–H groups in total. The Morgan fingerprint density at radius 3 is 2.61 bits per heavy atom. The summed E-state index contributed by atoms with van der Waals surface area (Å²) >= 11 is 1.55. The topological polar surface area (TPSA) is 63.6 Å². The molecule has 0 aliphatic heterocycles. The number of aromatic nitrogens is 4. The smallest absolute Gasteiger partial charge is 0.187 e. The van der Waals surface area contributed by atoms with Crippen molar-refractivity contribution >= 4 is 17.6 Å². The van der Waals surface area contributed by atoms with E-state index in [-0.39, 0.29) is 0 Å². The molecule has 6 heteroatoms. The molecule has 2 rings (SSSR count). The lowest BCUT2D eigenvalue weighted by Gasteiger charge is -2.04. The van der Waals surface area contributed by atoms with E-state index in [1.807, 2.05) is 0 Å². The number of hydrogen-bond donors (Lipinski definition) is 1. The molecule has 0 amide bonds. The van der Waals surface area contributed by atoms with E-state index in [1.165, 1.54) is 0 Å². The second kappa shape index (κ2) is 6.90. The van der Waals surface area contributed by atoms with E-state index in [1.54, 1.807) is 42.6 Å². The van der Waals surface area contributed by atoms with Gasteiger partial charge in [-0.1, -0.05) is 18.7 Å². The van der Waals surface area contributed by atoms with Crippen LogP contribution in [0, 0.1) is 0 Å². The van der Waals surface area contributed by atoms with Gasteiger partial charge in [0.2, 0.25) is 0 Å². The highest BCUT2D eigenvalue weighted by Crippen LogP contribution is 2.16. The Bertz CT molecular complexity index is 460. The first-order chi connectivity index (χ1) is 8.88. The minimum atomic E-state index is 0.727. The van der Waals surface area contributed by atoms with Gasteiger partial charge in [0.1, 0.15) is 5.82 Å². The molecule has 0 radical (unpaired) electrons. The largest absolute Gasteiger partial charge is 0.369 e. The van der Waals surface area contributed by atoms with Crippen LogP contribution in [-0.2, 0) is 5.75 Å². The highest BCUT2D eigenvalue weighted by molar-refractivity contribution is 7.98. The summed E-state index contributed by atoms with van der Waals surface area (Å²) in [5.41, 5.74) is 0.925. The molecule has 94 valence electrons. The Balaban J connectivity index is 1.86.